The molecule has 1 aromatic rings. The van der Waals surface area contributed by atoms with Crippen LogP contribution in [0.25, 0.3) is 0 Å². The molecular weight excluding hydrogens is 617 g/mol. The maximum absolute atomic E-state index is 7.50. The minimum atomic E-state index is -0.157. The molecule has 0 radical (unpaired) electrons. The van der Waals surface area contributed by atoms with Crippen molar-refractivity contribution in [3.63, 3.8) is 0 Å². The summed E-state index contributed by atoms with van der Waals surface area (Å²) in [6, 6.07) is 13.6. The third-order valence-electron chi connectivity index (χ3n) is 3.67. The summed E-state index contributed by atoms with van der Waals surface area (Å²) >= 11 is 0. The summed E-state index contributed by atoms with van der Waals surface area (Å²) in [4.78, 5) is 0. The molecule has 0 saturated heterocycles. The van der Waals surface area contributed by atoms with Crippen molar-refractivity contribution in [2.24, 2.45) is 0 Å². The summed E-state index contributed by atoms with van der Waals surface area (Å²) in [5.41, 5.74) is 0. The SMILES string of the molecule is CC(C)N(PP(PN(C(C)C)C(C)C)c1ccccc1)C(C)C.[C-]#[O+].[C-]#[O+].[C-]#[O+].[C-]#[O+].[C-]#[O+].[C-]#[O+].[Fe].[Fe]. The van der Waals surface area contributed by atoms with Gasteiger partial charge in [-0.1, -0.05) is 30.3 Å². The first-order chi connectivity index (χ1) is 16.7. The summed E-state index contributed by atoms with van der Waals surface area (Å²) < 4.78 is 50.4. The number of hydrogen-bond acceptors (Lipinski definition) is 2. The van der Waals surface area contributed by atoms with Gasteiger partial charge in [-0.15, -0.1) is 0 Å². The van der Waals surface area contributed by atoms with E-state index in [0.29, 0.717) is 24.2 Å². The Morgan fingerprint density at radius 3 is 0.919 bits per heavy atom. The van der Waals surface area contributed by atoms with Gasteiger partial charge in [0, 0.05) is 58.3 Å². The van der Waals surface area contributed by atoms with Crippen LogP contribution in [-0.2, 0) is 62.1 Å². The Labute approximate surface area is 249 Å². The molecule has 2 unspecified atom stereocenters. The Morgan fingerprint density at radius 1 is 0.514 bits per heavy atom. The van der Waals surface area contributed by atoms with Gasteiger partial charge in [0.2, 0.25) is 0 Å². The zero-order valence-corrected chi connectivity index (χ0v) is 27.3. The number of hydrogen-bond donors (Lipinski definition) is 0. The smallest absolute Gasteiger partial charge is 0 e. The summed E-state index contributed by atoms with van der Waals surface area (Å²) in [5.74, 6) is 0. The van der Waals surface area contributed by atoms with E-state index in [4.69, 9.17) is 27.9 Å². The Morgan fingerprint density at radius 2 is 0.730 bits per heavy atom. The van der Waals surface area contributed by atoms with E-state index in [2.05, 4.69) is 135 Å². The first-order valence-electron chi connectivity index (χ1n) is 9.91. The average Bonchev–Trinajstić information content (AvgIpc) is 2.91. The predicted octanol–water partition coefficient (Wildman–Crippen LogP) is 5.82. The standard InChI is InChI=1S/C18H35N2P3.6CO.2Fe/c1-14(2)19(15(3)4)21-23(18-12-10-9-11-13-18)22-20(16(5)6)17(7)8;6*1-2;;/h9-17,21-22H,1-8H3;;;;;;;;. The molecule has 13 heteroatoms. The molecule has 0 heterocycles. The van der Waals surface area contributed by atoms with Crippen molar-refractivity contribution in [1.29, 1.82) is 0 Å². The van der Waals surface area contributed by atoms with Gasteiger partial charge in [0.25, 0.3) is 0 Å². The molecule has 208 valence electrons. The van der Waals surface area contributed by atoms with Crippen LogP contribution in [-0.4, -0.2) is 33.5 Å². The molecule has 0 fully saturated rings. The van der Waals surface area contributed by atoms with Crippen LogP contribution in [0.2, 0.25) is 0 Å². The van der Waals surface area contributed by atoms with Crippen LogP contribution in [0.4, 0.5) is 0 Å². The molecule has 0 aliphatic rings. The van der Waals surface area contributed by atoms with Crippen molar-refractivity contribution in [2.45, 2.75) is 79.6 Å². The Balaban J connectivity index is -0.0000000877. The van der Waals surface area contributed by atoms with Crippen molar-refractivity contribution >= 4 is 29.4 Å². The second-order valence-corrected chi connectivity index (χ2v) is 14.9. The number of benzene rings is 1. The van der Waals surface area contributed by atoms with Crippen LogP contribution in [0.15, 0.2) is 30.3 Å². The van der Waals surface area contributed by atoms with Crippen molar-refractivity contribution in [2.75, 3.05) is 0 Å². The van der Waals surface area contributed by atoms with E-state index in [-0.39, 0.29) is 41.4 Å². The van der Waals surface area contributed by atoms with E-state index < -0.39 is 0 Å². The summed E-state index contributed by atoms with van der Waals surface area (Å²) in [6.07, 6.45) is 0. The van der Waals surface area contributed by atoms with E-state index in [0.717, 1.165) is 16.8 Å². The van der Waals surface area contributed by atoms with Gasteiger partial charge in [-0.2, -0.15) is 0 Å². The first kappa shape index (κ1) is 56.9. The molecule has 8 nitrogen and oxygen atoms in total. The van der Waals surface area contributed by atoms with Gasteiger partial charge in [-0.05, 0) is 84.8 Å². The van der Waals surface area contributed by atoms with E-state index in [9.17, 15) is 0 Å². The fraction of sp³-hybridized carbons (Fsp3) is 0.500. The molecule has 0 saturated carbocycles. The number of rotatable bonds is 9. The van der Waals surface area contributed by atoms with E-state index in [1.165, 1.54) is 0 Å². The fourth-order valence-corrected chi connectivity index (χ4v) is 13.1. The van der Waals surface area contributed by atoms with E-state index in [1.54, 1.807) is 5.30 Å². The summed E-state index contributed by atoms with van der Waals surface area (Å²) in [5, 5.41) is 1.55. The van der Waals surface area contributed by atoms with Gasteiger partial charge in [-0.3, -0.25) is 9.34 Å². The second-order valence-electron chi connectivity index (χ2n) is 7.06. The van der Waals surface area contributed by atoms with E-state index >= 15 is 0 Å². The maximum atomic E-state index is 7.50. The third-order valence-corrected chi connectivity index (χ3v) is 13.3. The minimum absolute atomic E-state index is 0. The van der Waals surface area contributed by atoms with Crippen LogP contribution in [0, 0.1) is 39.9 Å². The van der Waals surface area contributed by atoms with Crippen molar-refractivity contribution in [3.8, 4) is 0 Å². The van der Waals surface area contributed by atoms with Crippen LogP contribution in [0.5, 0.6) is 0 Å². The molecular formula is C24H35Fe2N2O6P3. The fourth-order valence-electron chi connectivity index (χ4n) is 2.60. The van der Waals surface area contributed by atoms with Crippen molar-refractivity contribution < 1.29 is 62.1 Å². The van der Waals surface area contributed by atoms with Crippen molar-refractivity contribution in [3.05, 3.63) is 70.2 Å². The molecule has 2 atom stereocenters. The minimum Gasteiger partial charge on any atom is 0 e. The maximum Gasteiger partial charge on any atom is 0 e. The van der Waals surface area contributed by atoms with Gasteiger partial charge in [-0.25, -0.2) is 0 Å². The second kappa shape index (κ2) is 45.8. The molecule has 0 aromatic heterocycles. The van der Waals surface area contributed by atoms with Gasteiger partial charge < -0.3 is 0 Å². The zero-order valence-electron chi connectivity index (χ0n) is 22.2. The average molecular weight is 652 g/mol. The summed E-state index contributed by atoms with van der Waals surface area (Å²) in [6.45, 7) is 45.6. The number of nitrogens with zero attached hydrogens (tertiary/aromatic N) is 2. The predicted molar refractivity (Wildman–Crippen MR) is 137 cm³/mol. The molecule has 0 aliphatic heterocycles. The molecule has 0 N–H and O–H groups in total. The topological polar surface area (TPSA) is 126 Å². The molecule has 0 aliphatic carbocycles. The normalized spacial score (nSPS) is 9.68. The molecule has 0 amide bonds. The van der Waals surface area contributed by atoms with Gasteiger partial charge in [0.05, 0.1) is 0 Å². The first-order valence-corrected chi connectivity index (χ1v) is 14.8. The Bertz CT molecular complexity index is 614. The molecule has 37 heavy (non-hydrogen) atoms. The van der Waals surface area contributed by atoms with Gasteiger partial charge in [0.15, 0.2) is 0 Å². The third kappa shape index (κ3) is 32.0. The molecule has 0 bridgehead atoms. The summed E-state index contributed by atoms with van der Waals surface area (Å²) in [7, 11) is 1.64. The van der Waals surface area contributed by atoms with Crippen LogP contribution in [0.3, 0.4) is 0 Å². The molecule has 0 spiro atoms. The monoisotopic (exact) mass is 652 g/mol. The molecule has 1 aromatic carbocycles. The van der Waals surface area contributed by atoms with E-state index in [1.807, 2.05) is 0 Å². The quantitative estimate of drug-likeness (QED) is 0.144. The van der Waals surface area contributed by atoms with Crippen LogP contribution in [0.1, 0.15) is 55.4 Å². The van der Waals surface area contributed by atoms with Gasteiger partial charge >= 0.3 is 67.8 Å². The van der Waals surface area contributed by atoms with Crippen molar-refractivity contribution in [1.82, 2.24) is 9.34 Å². The Kier molecular flexibility index (Phi) is 70.5. The van der Waals surface area contributed by atoms with Crippen LogP contribution >= 0.6 is 24.1 Å². The zero-order chi connectivity index (χ0) is 29.6. The van der Waals surface area contributed by atoms with Crippen LogP contribution < -0.4 is 5.30 Å². The molecule has 1 rings (SSSR count). The van der Waals surface area contributed by atoms with Gasteiger partial charge in [0.1, 0.15) is 0 Å². The Hall–Kier alpha value is -0.0910. The largest absolute Gasteiger partial charge is 0 e.